The van der Waals surface area contributed by atoms with E-state index in [1.54, 1.807) is 24.3 Å². The second-order valence-corrected chi connectivity index (χ2v) is 6.42. The number of carbonyl (C=O) groups is 1. The van der Waals surface area contributed by atoms with Crippen molar-refractivity contribution in [3.05, 3.63) is 77.3 Å². The van der Waals surface area contributed by atoms with Crippen molar-refractivity contribution in [2.24, 2.45) is 0 Å². The van der Waals surface area contributed by atoms with E-state index in [4.69, 9.17) is 25.8 Å². The number of hydrogen-bond donors (Lipinski definition) is 1. The number of anilines is 1. The topological polar surface area (TPSA) is 56.8 Å². The molecule has 0 aliphatic carbocycles. The van der Waals surface area contributed by atoms with Crippen LogP contribution in [0.3, 0.4) is 0 Å². The summed E-state index contributed by atoms with van der Waals surface area (Å²) in [6, 6.07) is 19.8. The molecule has 3 aromatic rings. The molecule has 0 atom stereocenters. The highest BCUT2D eigenvalue weighted by Crippen LogP contribution is 2.37. The first-order valence-electron chi connectivity index (χ1n) is 9.34. The van der Waals surface area contributed by atoms with E-state index in [1.165, 1.54) is 0 Å². The van der Waals surface area contributed by atoms with E-state index < -0.39 is 0 Å². The smallest absolute Gasteiger partial charge is 0.255 e. The van der Waals surface area contributed by atoms with Gasteiger partial charge in [-0.3, -0.25) is 4.79 Å². The standard InChI is InChI=1S/C23H22ClNO4/c1-3-27-21-15-16(14-18(24)22(21)28-4-2)23(26)25-19-12-8-9-13-20(19)29-17-10-6-5-7-11-17/h5-15H,3-4H2,1-2H3,(H,25,26). The molecule has 6 heteroatoms. The average Bonchev–Trinajstić information content (AvgIpc) is 2.72. The Morgan fingerprint density at radius 1 is 0.897 bits per heavy atom. The molecule has 5 nitrogen and oxygen atoms in total. The Morgan fingerprint density at radius 3 is 2.31 bits per heavy atom. The van der Waals surface area contributed by atoms with Gasteiger partial charge in [0.25, 0.3) is 5.91 Å². The second-order valence-electron chi connectivity index (χ2n) is 6.02. The molecule has 0 spiro atoms. The molecule has 0 aliphatic heterocycles. The number of benzene rings is 3. The molecule has 29 heavy (non-hydrogen) atoms. The molecule has 150 valence electrons. The van der Waals surface area contributed by atoms with Gasteiger partial charge in [-0.15, -0.1) is 0 Å². The monoisotopic (exact) mass is 411 g/mol. The lowest BCUT2D eigenvalue weighted by molar-refractivity contribution is 0.102. The van der Waals surface area contributed by atoms with E-state index in [9.17, 15) is 4.79 Å². The molecule has 0 heterocycles. The predicted octanol–water partition coefficient (Wildman–Crippen LogP) is 6.18. The quantitative estimate of drug-likeness (QED) is 0.480. The van der Waals surface area contributed by atoms with Gasteiger partial charge >= 0.3 is 0 Å². The van der Waals surface area contributed by atoms with Gasteiger partial charge in [-0.1, -0.05) is 41.9 Å². The molecule has 0 radical (unpaired) electrons. The Balaban J connectivity index is 1.85. The largest absolute Gasteiger partial charge is 0.490 e. The predicted molar refractivity (Wildman–Crippen MR) is 115 cm³/mol. The summed E-state index contributed by atoms with van der Waals surface area (Å²) < 4.78 is 17.0. The molecule has 0 aliphatic rings. The summed E-state index contributed by atoms with van der Waals surface area (Å²) in [5.74, 6) is 1.74. The van der Waals surface area contributed by atoms with Crippen molar-refractivity contribution in [1.82, 2.24) is 0 Å². The summed E-state index contributed by atoms with van der Waals surface area (Å²) >= 11 is 6.33. The second kappa shape index (κ2) is 9.85. The van der Waals surface area contributed by atoms with Crippen LogP contribution in [0.2, 0.25) is 5.02 Å². The summed E-state index contributed by atoms with van der Waals surface area (Å²) in [6.07, 6.45) is 0. The highest BCUT2D eigenvalue weighted by atomic mass is 35.5. The third-order valence-corrected chi connectivity index (χ3v) is 4.25. The zero-order chi connectivity index (χ0) is 20.6. The van der Waals surface area contributed by atoms with E-state index in [2.05, 4.69) is 5.32 Å². The average molecular weight is 412 g/mol. The van der Waals surface area contributed by atoms with Crippen LogP contribution in [0, 0.1) is 0 Å². The van der Waals surface area contributed by atoms with E-state index in [1.807, 2.05) is 56.3 Å². The van der Waals surface area contributed by atoms with Crippen molar-refractivity contribution in [3.8, 4) is 23.0 Å². The molecule has 0 saturated heterocycles. The van der Waals surface area contributed by atoms with Gasteiger partial charge in [-0.2, -0.15) is 0 Å². The normalized spacial score (nSPS) is 10.3. The van der Waals surface area contributed by atoms with Crippen LogP contribution in [0.1, 0.15) is 24.2 Å². The number of ether oxygens (including phenoxy) is 3. The highest BCUT2D eigenvalue weighted by Gasteiger charge is 2.17. The molecule has 1 amide bonds. The van der Waals surface area contributed by atoms with E-state index >= 15 is 0 Å². The lowest BCUT2D eigenvalue weighted by atomic mass is 10.1. The number of hydrogen-bond acceptors (Lipinski definition) is 4. The van der Waals surface area contributed by atoms with Gasteiger partial charge in [0.1, 0.15) is 5.75 Å². The minimum atomic E-state index is -0.333. The first-order chi connectivity index (χ1) is 14.1. The zero-order valence-electron chi connectivity index (χ0n) is 16.3. The molecule has 3 aromatic carbocycles. The fourth-order valence-electron chi connectivity index (χ4n) is 2.72. The summed E-state index contributed by atoms with van der Waals surface area (Å²) in [7, 11) is 0. The number of rotatable bonds is 8. The maximum absolute atomic E-state index is 12.9. The third-order valence-electron chi connectivity index (χ3n) is 3.97. The van der Waals surface area contributed by atoms with Crippen LogP contribution >= 0.6 is 11.6 Å². The molecule has 3 rings (SSSR count). The minimum absolute atomic E-state index is 0.316. The lowest BCUT2D eigenvalue weighted by Gasteiger charge is -2.15. The van der Waals surface area contributed by atoms with Gasteiger partial charge < -0.3 is 19.5 Å². The molecule has 0 bridgehead atoms. The Morgan fingerprint density at radius 2 is 1.59 bits per heavy atom. The summed E-state index contributed by atoms with van der Waals surface area (Å²) in [5.41, 5.74) is 0.903. The lowest BCUT2D eigenvalue weighted by Crippen LogP contribution is -2.13. The minimum Gasteiger partial charge on any atom is -0.490 e. The number of halogens is 1. The molecule has 0 saturated carbocycles. The molecular weight excluding hydrogens is 390 g/mol. The van der Waals surface area contributed by atoms with E-state index in [0.717, 1.165) is 0 Å². The van der Waals surface area contributed by atoms with Gasteiger partial charge in [-0.05, 0) is 50.2 Å². The van der Waals surface area contributed by atoms with Crippen LogP contribution in [0.15, 0.2) is 66.7 Å². The molecule has 0 aromatic heterocycles. The van der Waals surface area contributed by atoms with Gasteiger partial charge in [0.05, 0.1) is 23.9 Å². The SMILES string of the molecule is CCOc1cc(C(=O)Nc2ccccc2Oc2ccccc2)cc(Cl)c1OCC. The van der Waals surface area contributed by atoms with Crippen molar-refractivity contribution in [3.63, 3.8) is 0 Å². The van der Waals surface area contributed by atoms with Crippen molar-refractivity contribution < 1.29 is 19.0 Å². The summed E-state index contributed by atoms with van der Waals surface area (Å²) in [5, 5.41) is 3.19. The first kappa shape index (κ1) is 20.6. The molecule has 0 fully saturated rings. The third kappa shape index (κ3) is 5.21. The van der Waals surface area contributed by atoms with Crippen molar-refractivity contribution in [2.45, 2.75) is 13.8 Å². The van der Waals surface area contributed by atoms with Crippen molar-refractivity contribution in [1.29, 1.82) is 0 Å². The highest BCUT2D eigenvalue weighted by molar-refractivity contribution is 6.32. The number of nitrogens with one attached hydrogen (secondary N) is 1. The Kier molecular flexibility index (Phi) is 6.98. The summed E-state index contributed by atoms with van der Waals surface area (Å²) in [4.78, 5) is 12.9. The van der Waals surface area contributed by atoms with Crippen LogP contribution in [-0.4, -0.2) is 19.1 Å². The number of para-hydroxylation sites is 3. The zero-order valence-corrected chi connectivity index (χ0v) is 17.0. The molecular formula is C23H22ClNO4. The maximum Gasteiger partial charge on any atom is 0.255 e. The van der Waals surface area contributed by atoms with Crippen LogP contribution in [0.4, 0.5) is 5.69 Å². The first-order valence-corrected chi connectivity index (χ1v) is 9.72. The van der Waals surface area contributed by atoms with Gasteiger partial charge in [0.15, 0.2) is 17.2 Å². The Hall–Kier alpha value is -3.18. The van der Waals surface area contributed by atoms with Crippen LogP contribution in [0.25, 0.3) is 0 Å². The molecule has 1 N–H and O–H groups in total. The van der Waals surface area contributed by atoms with Gasteiger partial charge in [0.2, 0.25) is 0 Å². The van der Waals surface area contributed by atoms with Crippen molar-refractivity contribution >= 4 is 23.2 Å². The fourth-order valence-corrected chi connectivity index (χ4v) is 2.98. The summed E-state index contributed by atoms with van der Waals surface area (Å²) in [6.45, 7) is 4.58. The number of amides is 1. The van der Waals surface area contributed by atoms with Crippen LogP contribution in [0.5, 0.6) is 23.0 Å². The van der Waals surface area contributed by atoms with Gasteiger partial charge in [-0.25, -0.2) is 0 Å². The van der Waals surface area contributed by atoms with Crippen LogP contribution in [-0.2, 0) is 0 Å². The number of carbonyl (C=O) groups excluding carboxylic acids is 1. The van der Waals surface area contributed by atoms with E-state index in [0.29, 0.717) is 52.5 Å². The van der Waals surface area contributed by atoms with E-state index in [-0.39, 0.29) is 5.91 Å². The molecule has 0 unspecified atom stereocenters. The Bertz CT molecular complexity index is 976. The van der Waals surface area contributed by atoms with Crippen molar-refractivity contribution in [2.75, 3.05) is 18.5 Å². The van der Waals surface area contributed by atoms with Crippen LogP contribution < -0.4 is 19.5 Å². The van der Waals surface area contributed by atoms with Gasteiger partial charge in [0, 0.05) is 5.56 Å². The Labute approximate surface area is 175 Å². The fraction of sp³-hybridized carbons (Fsp3) is 0.174. The maximum atomic E-state index is 12.9.